The van der Waals surface area contributed by atoms with Crippen LogP contribution >= 0.6 is 34.8 Å². The molecule has 0 bridgehead atoms. The van der Waals surface area contributed by atoms with Crippen molar-refractivity contribution in [1.82, 2.24) is 58.8 Å². The van der Waals surface area contributed by atoms with Gasteiger partial charge >= 0.3 is 40.8 Å². The van der Waals surface area contributed by atoms with Gasteiger partial charge in [-0.15, -0.1) is 0 Å². The zero-order valence-electron chi connectivity index (χ0n) is 73.5. The highest BCUT2D eigenvalue weighted by molar-refractivity contribution is 7.94. The molecule has 720 valence electrons. The highest BCUT2D eigenvalue weighted by Gasteiger charge is 2.32. The Balaban J connectivity index is 0.000000129. The fourth-order valence-corrected chi connectivity index (χ4v) is 25.5. The summed E-state index contributed by atoms with van der Waals surface area (Å²) in [5, 5.41) is 3.85. The van der Waals surface area contributed by atoms with E-state index in [1.54, 1.807) is 128 Å². The van der Waals surface area contributed by atoms with E-state index < -0.39 is 80.9 Å². The van der Waals surface area contributed by atoms with E-state index in [0.717, 1.165) is 55.0 Å². The van der Waals surface area contributed by atoms with Crippen molar-refractivity contribution < 1.29 is 67.3 Å². The average molecular weight is 2100 g/mol. The topological polar surface area (TPSA) is 485 Å². The van der Waals surface area contributed by atoms with E-state index in [9.17, 15) is 67.3 Å². The predicted molar refractivity (Wildman–Crippen MR) is 544 cm³/mol. The van der Waals surface area contributed by atoms with E-state index in [2.05, 4.69) is 77.6 Å². The minimum Gasteiger partial charge on any atom is -0.280 e. The van der Waals surface area contributed by atoms with Crippen LogP contribution < -0.4 is 55.0 Å². The molecule has 9 aromatic carbocycles. The van der Waals surface area contributed by atoms with Gasteiger partial charge in [0, 0.05) is 151 Å². The van der Waals surface area contributed by atoms with Gasteiger partial charge in [-0.05, 0) is 269 Å². The molecule has 0 unspecified atom stereocenters. The summed E-state index contributed by atoms with van der Waals surface area (Å²) < 4.78 is 227. The Hall–Kier alpha value is -13.3. The normalized spacial score (nSPS) is 15.7. The van der Waals surface area contributed by atoms with Crippen molar-refractivity contribution in [3.8, 4) is 45.2 Å². The molecule has 7 aromatic heterocycles. The SMILES string of the molecule is Cc1ccc(NS(=O)(=O)c2ccc(N3CCCNS3(=O)=O)cc2)cc1-c1nccc2ncccc12.O=S(=O)(Nc1ccc(Cl)c(-c2ccc3cnccc3n2)c1)c1ccc(N2CCCNS2(=O)=O)cc1.O=S(=O)(Nc1ccc(Cl)c(-c2ccc3ncccc3n2)c1)c1ccc(N2CCCNS2(=O)=O)cc1.O=S(=O)(Nc1ccc(Cl)c(-c2ncc3ccccc3n2)c1)c1ccc(N2CCCNS2(=O)=O)cc1. The molecule has 8 N–H and O–H groups in total. The average Bonchev–Trinajstić information content (AvgIpc) is 0.817. The molecule has 0 amide bonds. The van der Waals surface area contributed by atoms with Crippen LogP contribution in [0.1, 0.15) is 31.2 Å². The smallest absolute Gasteiger partial charge is 0.280 e. The van der Waals surface area contributed by atoms with Crippen molar-refractivity contribution in [2.45, 2.75) is 52.2 Å². The highest BCUT2D eigenvalue weighted by Crippen LogP contribution is 2.39. The van der Waals surface area contributed by atoms with Gasteiger partial charge < -0.3 is 0 Å². The summed E-state index contributed by atoms with van der Waals surface area (Å²) in [5.74, 6) is 0.371. The summed E-state index contributed by atoms with van der Waals surface area (Å²) in [6, 6.07) is 68.1. The number of aromatic nitrogens is 8. The molecule has 0 radical (unpaired) electrons. The highest BCUT2D eigenvalue weighted by atomic mass is 35.5. The van der Waals surface area contributed by atoms with Crippen LogP contribution in [0.4, 0.5) is 45.5 Å². The van der Waals surface area contributed by atoms with Crippen LogP contribution in [-0.2, 0) is 80.9 Å². The Labute approximate surface area is 822 Å². The van der Waals surface area contributed by atoms with E-state index in [1.165, 1.54) is 114 Å². The van der Waals surface area contributed by atoms with Gasteiger partial charge in [0.05, 0.1) is 102 Å². The van der Waals surface area contributed by atoms with E-state index in [4.69, 9.17) is 34.8 Å². The summed E-state index contributed by atoms with van der Waals surface area (Å²) in [4.78, 5) is 35.3. The second-order valence-corrected chi connectivity index (χ2v) is 46.5. The van der Waals surface area contributed by atoms with Crippen LogP contribution in [0.2, 0.25) is 15.1 Å². The number of nitrogens with one attached hydrogen (secondary N) is 8. The minimum absolute atomic E-state index is 0.00329. The van der Waals surface area contributed by atoms with Gasteiger partial charge in [0.15, 0.2) is 5.82 Å². The third-order valence-corrected chi connectivity index (χ3v) is 35.1. The molecule has 0 atom stereocenters. The maximum atomic E-state index is 13.1. The van der Waals surface area contributed by atoms with E-state index in [0.29, 0.717) is 172 Å². The number of nitrogens with zero attached hydrogens (tertiary/aromatic N) is 12. The zero-order valence-corrected chi connectivity index (χ0v) is 82.3. The summed E-state index contributed by atoms with van der Waals surface area (Å²) in [6.07, 6.45) is 12.7. The Morgan fingerprint density at radius 1 is 0.314 bits per heavy atom. The van der Waals surface area contributed by atoms with Crippen LogP contribution in [-0.4, -0.2) is 160 Å². The van der Waals surface area contributed by atoms with Crippen molar-refractivity contribution in [3.05, 3.63) is 313 Å². The molecule has 11 heterocycles. The molecule has 20 rings (SSSR count). The molecule has 0 aliphatic carbocycles. The molecule has 4 aliphatic heterocycles. The first-order chi connectivity index (χ1) is 66.9. The lowest BCUT2D eigenvalue weighted by Gasteiger charge is -2.28. The molecule has 36 nitrogen and oxygen atoms in total. The van der Waals surface area contributed by atoms with Gasteiger partial charge in [-0.3, -0.25) is 56.0 Å². The van der Waals surface area contributed by atoms with E-state index in [-0.39, 0.29) is 25.3 Å². The van der Waals surface area contributed by atoms with Crippen LogP contribution in [0.15, 0.2) is 312 Å². The van der Waals surface area contributed by atoms with Gasteiger partial charge in [-0.2, -0.15) is 52.6 Å². The number of rotatable bonds is 20. The maximum Gasteiger partial charge on any atom is 0.301 e. The van der Waals surface area contributed by atoms with Gasteiger partial charge in [0.25, 0.3) is 40.1 Å². The number of hydrogen-bond donors (Lipinski definition) is 8. The van der Waals surface area contributed by atoms with Gasteiger partial charge in [-0.25, -0.2) is 53.6 Å². The molecule has 4 fully saturated rings. The predicted octanol–water partition coefficient (Wildman–Crippen LogP) is 14.8. The van der Waals surface area contributed by atoms with Crippen LogP contribution in [0, 0.1) is 6.92 Å². The summed E-state index contributed by atoms with van der Waals surface area (Å²) in [5.41, 5.74) is 11.8. The standard InChI is InChI=1S/C24H23N5O4S2.3C23H20ClN5O4S2/c1-17-5-6-18(16-22(17)24-21-4-2-12-25-23(21)11-14-26-24)28-34(30,31)20-9-7-19(8-10-20)29-15-3-13-27-35(29,32)33;24-21-8-3-17(14-20(21)23-9-2-16-15-25-12-10-22(16)27-23)28-34(30,31)19-6-4-18(5-7-19)29-13-1-11-26-35(29,32)33;24-20-9-4-16(15-19(20)21-10-11-22-23(27-21)3-1-12-25-22)28-34(30,31)18-7-5-17(6-8-18)29-14-2-13-26-35(29,32)33;24-21-11-6-17(14-20(21)23-25-15-16-4-1-2-5-22(16)27-23)28-34(30,31)19-9-7-18(8-10-19)29-13-3-12-26-35(29,32)33/h2,4-12,14,16,27-28H,3,13,15H2,1H3;2-10,12,14-15,26,28H,1,11,13H2;1,3-12,15,26,28H,2,13-14H2;1-2,4-11,14-15,26,28H,3,12-13H2. The number of aryl methyl sites for hydroxylation is 1. The monoisotopic (exact) mass is 2100 g/mol. The van der Waals surface area contributed by atoms with Crippen LogP contribution in [0.5, 0.6) is 0 Å². The molecule has 140 heavy (non-hydrogen) atoms. The fourth-order valence-electron chi connectivity index (χ4n) is 15.4. The van der Waals surface area contributed by atoms with E-state index >= 15 is 0 Å². The minimum atomic E-state index is -3.95. The van der Waals surface area contributed by atoms with Crippen molar-refractivity contribution in [2.24, 2.45) is 0 Å². The Bertz CT molecular complexity index is 7880. The number of fused-ring (bicyclic) bond motifs is 4. The number of pyridine rings is 6. The van der Waals surface area contributed by atoms with Crippen molar-refractivity contribution in [1.29, 1.82) is 0 Å². The summed E-state index contributed by atoms with van der Waals surface area (Å²) >= 11 is 19.2. The quantitative estimate of drug-likeness (QED) is 0.0351. The molecular weight excluding hydrogens is 2020 g/mol. The second-order valence-electron chi connectivity index (χ2n) is 31.8. The third kappa shape index (κ3) is 22.4. The lowest BCUT2D eigenvalue weighted by Crippen LogP contribution is -2.47. The van der Waals surface area contributed by atoms with Crippen molar-refractivity contribution in [3.63, 3.8) is 0 Å². The number of para-hydroxylation sites is 1. The Morgan fingerprint density at radius 2 is 0.679 bits per heavy atom. The van der Waals surface area contributed by atoms with Crippen LogP contribution in [0.3, 0.4) is 0 Å². The first-order valence-corrected chi connectivity index (χ1v) is 55.7. The molecular formula is C93H83Cl3N20O16S8. The first kappa shape index (κ1) is 98.3. The third-order valence-electron chi connectivity index (χ3n) is 22.3. The first-order valence-electron chi connectivity index (χ1n) is 42.9. The van der Waals surface area contributed by atoms with Crippen molar-refractivity contribution in [2.75, 3.05) is 88.5 Å². The lowest BCUT2D eigenvalue weighted by atomic mass is 10.0. The Morgan fingerprint density at radius 3 is 1.13 bits per heavy atom. The number of anilines is 8. The molecule has 0 spiro atoms. The van der Waals surface area contributed by atoms with E-state index in [1.807, 2.05) is 73.7 Å². The fraction of sp³-hybridized carbons (Fsp3) is 0.140. The largest absolute Gasteiger partial charge is 0.301 e. The number of sulfonamides is 4. The molecule has 16 aromatic rings. The molecule has 4 aliphatic rings. The Kier molecular flexibility index (Phi) is 28.7. The second kappa shape index (κ2) is 40.9. The van der Waals surface area contributed by atoms with Gasteiger partial charge in [0.1, 0.15) is 0 Å². The molecule has 4 saturated heterocycles. The summed E-state index contributed by atoms with van der Waals surface area (Å²) in [6.45, 7) is 4.77. The van der Waals surface area contributed by atoms with Gasteiger partial charge in [0.2, 0.25) is 0 Å². The number of halogens is 3. The van der Waals surface area contributed by atoms with Crippen LogP contribution in [0.25, 0.3) is 88.9 Å². The zero-order chi connectivity index (χ0) is 98.5. The number of benzene rings is 9. The van der Waals surface area contributed by atoms with Crippen molar-refractivity contribution >= 4 is 205 Å². The van der Waals surface area contributed by atoms with Gasteiger partial charge in [-0.1, -0.05) is 59.1 Å². The maximum absolute atomic E-state index is 13.1. The molecule has 0 saturated carbocycles. The summed E-state index contributed by atoms with van der Waals surface area (Å²) in [7, 11) is -30.2. The lowest BCUT2D eigenvalue weighted by molar-refractivity contribution is 0.558. The molecule has 47 heteroatoms. The number of hydrogen-bond acceptors (Lipinski definition) is 24.